The van der Waals surface area contributed by atoms with Gasteiger partial charge in [0.1, 0.15) is 0 Å². The number of rotatable bonds is 2. The van der Waals surface area contributed by atoms with Crippen molar-refractivity contribution < 1.29 is 9.66 Å². The minimum atomic E-state index is -0.456. The number of nitro benzene ring substituents is 1. The van der Waals surface area contributed by atoms with E-state index in [1.807, 2.05) is 0 Å². The first-order valence-corrected chi connectivity index (χ1v) is 5.20. The summed E-state index contributed by atoms with van der Waals surface area (Å²) in [5.74, 6) is 0.335. The SMILES string of the molecule is COc1nc2c([N+](=O)[O-])cccc2cc1Br. The van der Waals surface area contributed by atoms with Gasteiger partial charge < -0.3 is 4.74 Å². The Hall–Kier alpha value is -1.69. The molecule has 1 aromatic heterocycles. The predicted molar refractivity (Wildman–Crippen MR) is 62.6 cm³/mol. The van der Waals surface area contributed by atoms with E-state index < -0.39 is 4.92 Å². The fraction of sp³-hybridized carbons (Fsp3) is 0.100. The lowest BCUT2D eigenvalue weighted by molar-refractivity contribution is -0.383. The molecule has 0 aliphatic carbocycles. The van der Waals surface area contributed by atoms with E-state index >= 15 is 0 Å². The quantitative estimate of drug-likeness (QED) is 0.628. The molecule has 1 aromatic carbocycles. The Morgan fingerprint density at radius 3 is 2.88 bits per heavy atom. The summed E-state index contributed by atoms with van der Waals surface area (Å²) in [5.41, 5.74) is 0.302. The van der Waals surface area contributed by atoms with Crippen LogP contribution < -0.4 is 4.74 Å². The number of aromatic nitrogens is 1. The topological polar surface area (TPSA) is 65.3 Å². The monoisotopic (exact) mass is 282 g/mol. The lowest BCUT2D eigenvalue weighted by Crippen LogP contribution is -1.94. The zero-order chi connectivity index (χ0) is 11.7. The highest BCUT2D eigenvalue weighted by molar-refractivity contribution is 9.10. The Kier molecular flexibility index (Phi) is 2.74. The lowest BCUT2D eigenvalue weighted by atomic mass is 10.2. The van der Waals surface area contributed by atoms with Gasteiger partial charge in [-0.25, -0.2) is 4.98 Å². The molecule has 0 N–H and O–H groups in total. The molecule has 0 bridgehead atoms. The molecule has 82 valence electrons. The number of methoxy groups -OCH3 is 1. The van der Waals surface area contributed by atoms with Gasteiger partial charge in [-0.05, 0) is 22.0 Å². The van der Waals surface area contributed by atoms with Crippen LogP contribution in [0.15, 0.2) is 28.7 Å². The van der Waals surface area contributed by atoms with Crippen molar-refractivity contribution in [1.29, 1.82) is 0 Å². The highest BCUT2D eigenvalue weighted by atomic mass is 79.9. The van der Waals surface area contributed by atoms with Crippen LogP contribution in [-0.4, -0.2) is 17.0 Å². The molecule has 0 aliphatic heterocycles. The molecule has 0 unspecified atom stereocenters. The zero-order valence-electron chi connectivity index (χ0n) is 8.31. The van der Waals surface area contributed by atoms with Crippen LogP contribution in [0.4, 0.5) is 5.69 Å². The van der Waals surface area contributed by atoms with E-state index in [-0.39, 0.29) is 5.69 Å². The summed E-state index contributed by atoms with van der Waals surface area (Å²) >= 11 is 3.28. The second kappa shape index (κ2) is 4.05. The molecule has 16 heavy (non-hydrogen) atoms. The van der Waals surface area contributed by atoms with Crippen molar-refractivity contribution in [2.24, 2.45) is 0 Å². The zero-order valence-corrected chi connectivity index (χ0v) is 9.89. The van der Waals surface area contributed by atoms with Crippen molar-refractivity contribution in [1.82, 2.24) is 4.98 Å². The van der Waals surface area contributed by atoms with E-state index in [1.54, 1.807) is 18.2 Å². The highest BCUT2D eigenvalue weighted by Crippen LogP contribution is 2.31. The van der Waals surface area contributed by atoms with Gasteiger partial charge in [0.2, 0.25) is 5.88 Å². The number of fused-ring (bicyclic) bond motifs is 1. The van der Waals surface area contributed by atoms with E-state index in [4.69, 9.17) is 4.74 Å². The van der Waals surface area contributed by atoms with E-state index in [1.165, 1.54) is 13.2 Å². The molecule has 0 saturated heterocycles. The van der Waals surface area contributed by atoms with E-state index in [9.17, 15) is 10.1 Å². The molecule has 0 aliphatic rings. The van der Waals surface area contributed by atoms with Crippen molar-refractivity contribution in [2.75, 3.05) is 7.11 Å². The van der Waals surface area contributed by atoms with Crippen LogP contribution in [-0.2, 0) is 0 Å². The first-order valence-electron chi connectivity index (χ1n) is 4.41. The largest absolute Gasteiger partial charge is 0.480 e. The van der Waals surface area contributed by atoms with Crippen LogP contribution in [0.5, 0.6) is 5.88 Å². The summed E-state index contributed by atoms with van der Waals surface area (Å²) in [6.07, 6.45) is 0. The number of nitro groups is 1. The van der Waals surface area contributed by atoms with Gasteiger partial charge in [-0.15, -0.1) is 0 Å². The van der Waals surface area contributed by atoms with E-state index in [0.717, 1.165) is 0 Å². The average molecular weight is 283 g/mol. The lowest BCUT2D eigenvalue weighted by Gasteiger charge is -2.04. The van der Waals surface area contributed by atoms with Crippen LogP contribution in [0.2, 0.25) is 0 Å². The molecule has 0 amide bonds. The number of pyridine rings is 1. The van der Waals surface area contributed by atoms with E-state index in [0.29, 0.717) is 21.3 Å². The molecular formula is C10H7BrN2O3. The Bertz CT molecular complexity index is 571. The number of hydrogen-bond donors (Lipinski definition) is 0. The van der Waals surface area contributed by atoms with Crippen molar-refractivity contribution in [2.45, 2.75) is 0 Å². The Morgan fingerprint density at radius 2 is 2.25 bits per heavy atom. The number of nitrogens with zero attached hydrogens (tertiary/aromatic N) is 2. The number of para-hydroxylation sites is 1. The van der Waals surface area contributed by atoms with Gasteiger partial charge in [-0.1, -0.05) is 12.1 Å². The van der Waals surface area contributed by atoms with Gasteiger partial charge in [0.15, 0.2) is 5.52 Å². The average Bonchev–Trinajstić information content (AvgIpc) is 2.26. The second-order valence-corrected chi connectivity index (χ2v) is 3.94. The molecule has 5 nitrogen and oxygen atoms in total. The standard InChI is InChI=1S/C10H7BrN2O3/c1-16-10-7(11)5-6-3-2-4-8(13(14)15)9(6)12-10/h2-5H,1H3. The van der Waals surface area contributed by atoms with Gasteiger partial charge in [-0.3, -0.25) is 10.1 Å². The number of benzene rings is 1. The minimum absolute atomic E-state index is 0.0247. The summed E-state index contributed by atoms with van der Waals surface area (Å²) in [7, 11) is 1.47. The van der Waals surface area contributed by atoms with Crippen molar-refractivity contribution >= 4 is 32.5 Å². The number of non-ortho nitro benzene ring substituents is 1. The molecule has 0 radical (unpaired) electrons. The molecule has 1 heterocycles. The highest BCUT2D eigenvalue weighted by Gasteiger charge is 2.15. The third kappa shape index (κ3) is 1.71. The Morgan fingerprint density at radius 1 is 1.50 bits per heavy atom. The summed E-state index contributed by atoms with van der Waals surface area (Å²) in [4.78, 5) is 14.5. The summed E-state index contributed by atoms with van der Waals surface area (Å²) in [6.45, 7) is 0. The Labute approximate surface area is 99.3 Å². The Balaban J connectivity index is 2.81. The first kappa shape index (κ1) is 10.8. The number of halogens is 1. The van der Waals surface area contributed by atoms with E-state index in [2.05, 4.69) is 20.9 Å². The molecule has 0 fully saturated rings. The van der Waals surface area contributed by atoms with Gasteiger partial charge in [-0.2, -0.15) is 0 Å². The molecular weight excluding hydrogens is 276 g/mol. The summed E-state index contributed by atoms with van der Waals surface area (Å²) in [5, 5.41) is 11.5. The maximum atomic E-state index is 10.8. The van der Waals surface area contributed by atoms with Crippen LogP contribution in [0.25, 0.3) is 10.9 Å². The van der Waals surface area contributed by atoms with Crippen LogP contribution in [0.1, 0.15) is 0 Å². The number of ether oxygens (including phenoxy) is 1. The molecule has 0 atom stereocenters. The fourth-order valence-electron chi connectivity index (χ4n) is 1.43. The third-order valence-electron chi connectivity index (χ3n) is 2.14. The fourth-order valence-corrected chi connectivity index (χ4v) is 1.93. The minimum Gasteiger partial charge on any atom is -0.480 e. The number of hydrogen-bond acceptors (Lipinski definition) is 4. The van der Waals surface area contributed by atoms with Crippen molar-refractivity contribution in [3.05, 3.63) is 38.9 Å². The molecule has 2 rings (SSSR count). The van der Waals surface area contributed by atoms with Crippen molar-refractivity contribution in [3.8, 4) is 5.88 Å². The second-order valence-electron chi connectivity index (χ2n) is 3.09. The summed E-state index contributed by atoms with van der Waals surface area (Å²) in [6, 6.07) is 6.55. The molecule has 6 heteroatoms. The van der Waals surface area contributed by atoms with Crippen LogP contribution in [0.3, 0.4) is 0 Å². The van der Waals surface area contributed by atoms with Gasteiger partial charge in [0, 0.05) is 11.5 Å². The normalized spacial score (nSPS) is 10.4. The van der Waals surface area contributed by atoms with Gasteiger partial charge >= 0.3 is 0 Å². The maximum absolute atomic E-state index is 10.8. The summed E-state index contributed by atoms with van der Waals surface area (Å²) < 4.78 is 5.68. The smallest absolute Gasteiger partial charge is 0.295 e. The third-order valence-corrected chi connectivity index (χ3v) is 2.70. The molecule has 0 saturated carbocycles. The van der Waals surface area contributed by atoms with Crippen molar-refractivity contribution in [3.63, 3.8) is 0 Å². The predicted octanol–water partition coefficient (Wildman–Crippen LogP) is 2.91. The van der Waals surface area contributed by atoms with Gasteiger partial charge in [0.05, 0.1) is 16.5 Å². The maximum Gasteiger partial charge on any atom is 0.295 e. The molecule has 0 spiro atoms. The van der Waals surface area contributed by atoms with Crippen LogP contribution >= 0.6 is 15.9 Å². The van der Waals surface area contributed by atoms with Gasteiger partial charge in [0.25, 0.3) is 5.69 Å². The molecule has 2 aromatic rings. The first-order chi connectivity index (χ1) is 7.63. The van der Waals surface area contributed by atoms with Crippen LogP contribution in [0, 0.1) is 10.1 Å².